The van der Waals surface area contributed by atoms with Gasteiger partial charge in [0.05, 0.1) is 0 Å². The van der Waals surface area contributed by atoms with Gasteiger partial charge in [-0.1, -0.05) is 0 Å². The molecule has 0 aromatic carbocycles. The van der Waals surface area contributed by atoms with Crippen LogP contribution in [0, 0.1) is 0 Å². The predicted octanol–water partition coefficient (Wildman–Crippen LogP) is 1.18. The third-order valence-corrected chi connectivity index (χ3v) is 5.24. The Hall–Kier alpha value is 0.236. The van der Waals surface area contributed by atoms with Crippen molar-refractivity contribution in [3.05, 3.63) is 11.9 Å². The maximum Gasteiger partial charge on any atom is 1.00 e. The Balaban J connectivity index is 0.00000784. The normalized spacial score (nSPS) is 26.2. The second-order valence-corrected chi connectivity index (χ2v) is 6.68. The minimum absolute atomic E-state index is 0. The topological polar surface area (TPSA) is 57.2 Å². The fraction of sp³-hybridized carbons (Fsp3) is 0.778. The van der Waals surface area contributed by atoms with E-state index >= 15 is 0 Å². The molecular formula is C9F15KO3S. The fourth-order valence-corrected chi connectivity index (χ4v) is 3.66. The Morgan fingerprint density at radius 1 is 0.655 bits per heavy atom. The van der Waals surface area contributed by atoms with Crippen LogP contribution >= 0.6 is 0 Å². The second kappa shape index (κ2) is 7.12. The van der Waals surface area contributed by atoms with Gasteiger partial charge in [-0.3, -0.25) is 0 Å². The van der Waals surface area contributed by atoms with Crippen LogP contribution in [0.15, 0.2) is 11.9 Å². The van der Waals surface area contributed by atoms with E-state index in [0.29, 0.717) is 0 Å². The molecule has 0 aliphatic heterocycles. The van der Waals surface area contributed by atoms with Gasteiger partial charge in [-0.05, 0) is 0 Å². The molecule has 0 N–H and O–H groups in total. The average molecular weight is 512 g/mol. The minimum Gasteiger partial charge on any atom is -0.747 e. The summed E-state index contributed by atoms with van der Waals surface area (Å²) in [5.41, 5.74) is 0. The zero-order valence-electron chi connectivity index (χ0n) is 12.8. The van der Waals surface area contributed by atoms with E-state index in [1.54, 1.807) is 0 Å². The predicted molar refractivity (Wildman–Crippen MR) is 52.5 cm³/mol. The smallest absolute Gasteiger partial charge is 0.747 e. The molecule has 0 aromatic heterocycles. The van der Waals surface area contributed by atoms with E-state index in [1.807, 2.05) is 0 Å². The van der Waals surface area contributed by atoms with Gasteiger partial charge in [-0.2, -0.15) is 65.9 Å². The molecule has 0 atom stereocenters. The average Bonchev–Trinajstić information content (AvgIpc) is 2.42. The second-order valence-electron chi connectivity index (χ2n) is 5.16. The van der Waals surface area contributed by atoms with Crippen molar-refractivity contribution in [2.45, 2.75) is 40.3 Å². The molecule has 1 aliphatic rings. The Labute approximate surface area is 191 Å². The van der Waals surface area contributed by atoms with Crippen molar-refractivity contribution >= 4 is 10.1 Å². The van der Waals surface area contributed by atoms with Crippen LogP contribution in [0.25, 0.3) is 0 Å². The van der Waals surface area contributed by atoms with Gasteiger partial charge in [0, 0.05) is 0 Å². The molecule has 0 bridgehead atoms. The van der Waals surface area contributed by atoms with E-state index in [9.17, 15) is 78.8 Å². The summed E-state index contributed by atoms with van der Waals surface area (Å²) in [7, 11) is -8.83. The monoisotopic (exact) mass is 512 g/mol. The van der Waals surface area contributed by atoms with Gasteiger partial charge in [-0.25, -0.2) is 8.42 Å². The van der Waals surface area contributed by atoms with Crippen molar-refractivity contribution < 1.29 is 130 Å². The Morgan fingerprint density at radius 2 is 0.897 bits per heavy atom. The molecule has 0 amide bonds. The molecule has 0 radical (unpaired) electrons. The van der Waals surface area contributed by atoms with Crippen molar-refractivity contribution in [2.75, 3.05) is 0 Å². The molecule has 29 heavy (non-hydrogen) atoms. The van der Waals surface area contributed by atoms with Crippen molar-refractivity contribution in [3.63, 3.8) is 0 Å². The first-order chi connectivity index (χ1) is 11.9. The first kappa shape index (κ1) is 29.2. The fourth-order valence-electron chi connectivity index (χ4n) is 2.37. The van der Waals surface area contributed by atoms with Crippen LogP contribution < -0.4 is 51.4 Å². The largest absolute Gasteiger partial charge is 1.00 e. The van der Waals surface area contributed by atoms with Gasteiger partial charge in [0.25, 0.3) is 4.75 Å². The summed E-state index contributed by atoms with van der Waals surface area (Å²) < 4.78 is 222. The SMILES string of the molecule is O=S(=O)([O-])C1(C(F)(F)C(F)=C(F)F)C(F)(F)C(F)(F)C(F)(F)C(F)(F)C1(F)F.[K+]. The molecule has 0 spiro atoms. The number of halogens is 15. The van der Waals surface area contributed by atoms with Gasteiger partial charge < -0.3 is 4.55 Å². The summed E-state index contributed by atoms with van der Waals surface area (Å²) in [6.07, 6.45) is -4.69. The first-order valence-electron chi connectivity index (χ1n) is 5.79. The van der Waals surface area contributed by atoms with Crippen molar-refractivity contribution in [1.82, 2.24) is 0 Å². The van der Waals surface area contributed by atoms with Crippen LogP contribution in [-0.4, -0.2) is 53.3 Å². The minimum atomic E-state index is -8.83. The molecule has 0 unspecified atom stereocenters. The summed E-state index contributed by atoms with van der Waals surface area (Å²) in [5.74, 6) is -54.4. The van der Waals surface area contributed by atoms with Crippen LogP contribution in [0.2, 0.25) is 0 Å². The summed E-state index contributed by atoms with van der Waals surface area (Å²) in [4.78, 5) is 0. The standard InChI is InChI=1S/C9HF15O3S.K/c10-1(2(11)12)3(13,14)4(28(25,26)27)5(15,16)7(19,20)9(23,24)8(21,22)6(4,17)18;/h(H,25,26,27);/q;+1/p-1. The van der Waals surface area contributed by atoms with Crippen molar-refractivity contribution in [3.8, 4) is 0 Å². The molecule has 3 nitrogen and oxygen atoms in total. The molecule has 1 rings (SSSR count). The zero-order valence-corrected chi connectivity index (χ0v) is 16.7. The van der Waals surface area contributed by atoms with Crippen LogP contribution in [0.1, 0.15) is 0 Å². The maximum absolute atomic E-state index is 13.7. The van der Waals surface area contributed by atoms with Crippen molar-refractivity contribution in [2.24, 2.45) is 0 Å². The van der Waals surface area contributed by atoms with E-state index in [4.69, 9.17) is 0 Å². The molecule has 20 heteroatoms. The number of allylic oxidation sites excluding steroid dienone is 1. The van der Waals surface area contributed by atoms with Crippen LogP contribution in [0.5, 0.6) is 0 Å². The molecule has 1 saturated carbocycles. The van der Waals surface area contributed by atoms with E-state index in [0.717, 1.165) is 0 Å². The molecule has 166 valence electrons. The van der Waals surface area contributed by atoms with E-state index in [2.05, 4.69) is 0 Å². The van der Waals surface area contributed by atoms with E-state index in [-0.39, 0.29) is 51.4 Å². The number of hydrogen-bond donors (Lipinski definition) is 0. The maximum atomic E-state index is 13.7. The van der Waals surface area contributed by atoms with Gasteiger partial charge in [0.1, 0.15) is 10.1 Å². The van der Waals surface area contributed by atoms with E-state index in [1.165, 1.54) is 0 Å². The summed E-state index contributed by atoms with van der Waals surface area (Å²) in [6, 6.07) is 0. The van der Waals surface area contributed by atoms with Crippen molar-refractivity contribution in [1.29, 1.82) is 0 Å². The zero-order chi connectivity index (χ0) is 23.2. The van der Waals surface area contributed by atoms with E-state index < -0.39 is 62.3 Å². The van der Waals surface area contributed by atoms with Gasteiger partial charge in [0.15, 0.2) is 0 Å². The van der Waals surface area contributed by atoms with Crippen LogP contribution in [0.4, 0.5) is 65.9 Å². The third kappa shape index (κ3) is 2.87. The Morgan fingerprint density at radius 3 is 1.10 bits per heavy atom. The number of alkyl halides is 12. The summed E-state index contributed by atoms with van der Waals surface area (Å²) in [6.45, 7) is 0. The van der Waals surface area contributed by atoms with Gasteiger partial charge in [-0.15, -0.1) is 0 Å². The number of rotatable bonds is 3. The Kier molecular flexibility index (Phi) is 7.18. The Bertz CT molecular complexity index is 783. The first-order valence-corrected chi connectivity index (χ1v) is 7.20. The molecule has 0 aromatic rings. The summed E-state index contributed by atoms with van der Waals surface area (Å²) >= 11 is 0. The summed E-state index contributed by atoms with van der Waals surface area (Å²) in [5, 5.41) is 0. The van der Waals surface area contributed by atoms with Gasteiger partial charge >= 0.3 is 93.0 Å². The molecule has 0 saturated heterocycles. The number of hydrogen-bond acceptors (Lipinski definition) is 3. The quantitative estimate of drug-likeness (QED) is 0.325. The van der Waals surface area contributed by atoms with Crippen LogP contribution in [-0.2, 0) is 10.1 Å². The molecular weight excluding hydrogens is 512 g/mol. The van der Waals surface area contributed by atoms with Crippen LogP contribution in [0.3, 0.4) is 0 Å². The molecule has 0 heterocycles. The molecule has 1 fully saturated rings. The van der Waals surface area contributed by atoms with Gasteiger partial charge in [0.2, 0.25) is 5.83 Å². The molecule has 1 aliphatic carbocycles. The third-order valence-electron chi connectivity index (χ3n) is 3.72.